The van der Waals surface area contributed by atoms with Crippen LogP contribution in [0.15, 0.2) is 4.99 Å². The molecule has 0 bridgehead atoms. The van der Waals surface area contributed by atoms with Gasteiger partial charge in [-0.05, 0) is 13.8 Å². The van der Waals surface area contributed by atoms with Crippen molar-refractivity contribution in [2.24, 2.45) is 4.99 Å². The first-order chi connectivity index (χ1) is 4.16. The van der Waals surface area contributed by atoms with Gasteiger partial charge in [-0.2, -0.15) is 5.26 Å². The van der Waals surface area contributed by atoms with Gasteiger partial charge < -0.3 is 0 Å². The molecule has 9 heavy (non-hydrogen) atoms. The Balaban J connectivity index is 3.81. The molecule has 48 valence electrons. The van der Waals surface area contributed by atoms with Crippen molar-refractivity contribution < 1.29 is 4.79 Å². The Morgan fingerprint density at radius 1 is 1.67 bits per heavy atom. The van der Waals surface area contributed by atoms with E-state index in [2.05, 4.69) is 4.99 Å². The zero-order valence-electron chi connectivity index (χ0n) is 5.51. The first-order valence-corrected chi connectivity index (χ1v) is 2.58. The number of aliphatic imine (C=N–C) groups is 1. The summed E-state index contributed by atoms with van der Waals surface area (Å²) in [5.41, 5.74) is 0.690. The van der Waals surface area contributed by atoms with Crippen LogP contribution < -0.4 is 0 Å². The Morgan fingerprint density at radius 2 is 2.22 bits per heavy atom. The fraction of sp³-hybridized carbons (Fsp3) is 0.500. The van der Waals surface area contributed by atoms with E-state index in [4.69, 9.17) is 5.26 Å². The van der Waals surface area contributed by atoms with Crippen LogP contribution in [0.3, 0.4) is 0 Å². The number of carbonyl (C=O) groups is 1. The Morgan fingerprint density at radius 3 is 2.56 bits per heavy atom. The largest absolute Gasteiger partial charge is 0.271 e. The van der Waals surface area contributed by atoms with Crippen LogP contribution in [0.25, 0.3) is 0 Å². The highest BCUT2D eigenvalue weighted by Gasteiger charge is 1.93. The van der Waals surface area contributed by atoms with E-state index in [1.807, 2.05) is 0 Å². The predicted octanol–water partition coefficient (Wildman–Crippen LogP) is 0.907. The van der Waals surface area contributed by atoms with Crippen LogP contribution in [-0.2, 0) is 4.79 Å². The molecule has 3 nitrogen and oxygen atoms in total. The fourth-order valence-electron chi connectivity index (χ4n) is 0.357. The van der Waals surface area contributed by atoms with Gasteiger partial charge in [-0.1, -0.05) is 0 Å². The van der Waals surface area contributed by atoms with E-state index < -0.39 is 0 Å². The molecule has 0 unspecified atom stereocenters. The van der Waals surface area contributed by atoms with E-state index in [0.29, 0.717) is 5.71 Å². The van der Waals surface area contributed by atoms with Crippen LogP contribution in [-0.4, -0.2) is 11.6 Å². The molecule has 0 rings (SSSR count). The zero-order valence-corrected chi connectivity index (χ0v) is 5.51. The van der Waals surface area contributed by atoms with Gasteiger partial charge in [-0.25, -0.2) is 4.99 Å². The quantitative estimate of drug-likeness (QED) is 0.488. The van der Waals surface area contributed by atoms with Crippen molar-refractivity contribution in [2.45, 2.75) is 20.3 Å². The average molecular weight is 124 g/mol. The van der Waals surface area contributed by atoms with E-state index >= 15 is 0 Å². The molecule has 0 aliphatic carbocycles. The summed E-state index contributed by atoms with van der Waals surface area (Å²) in [6.07, 6.45) is -0.120. The Hall–Kier alpha value is -1.17. The molecule has 0 fully saturated rings. The molecule has 0 aliphatic heterocycles. The molecule has 0 aromatic rings. The molecule has 0 saturated heterocycles. The monoisotopic (exact) mass is 124 g/mol. The van der Waals surface area contributed by atoms with Crippen LogP contribution in [0.1, 0.15) is 20.3 Å². The van der Waals surface area contributed by atoms with Crippen molar-refractivity contribution in [3.8, 4) is 6.07 Å². The van der Waals surface area contributed by atoms with E-state index in [-0.39, 0.29) is 12.3 Å². The van der Waals surface area contributed by atoms with Crippen molar-refractivity contribution in [2.75, 3.05) is 0 Å². The smallest absolute Gasteiger partial charge is 0.259 e. The van der Waals surface area contributed by atoms with Crippen molar-refractivity contribution >= 4 is 11.6 Å². The minimum Gasteiger partial charge on any atom is -0.271 e. The van der Waals surface area contributed by atoms with Crippen LogP contribution >= 0.6 is 0 Å². The molecule has 0 spiro atoms. The minimum atomic E-state index is -0.363. The Bertz CT molecular complexity index is 172. The van der Waals surface area contributed by atoms with Gasteiger partial charge in [0.05, 0.1) is 6.07 Å². The van der Waals surface area contributed by atoms with E-state index in [1.54, 1.807) is 19.9 Å². The topological polar surface area (TPSA) is 53.2 Å². The summed E-state index contributed by atoms with van der Waals surface area (Å²) in [4.78, 5) is 14.0. The molecule has 0 heterocycles. The molecule has 0 aromatic carbocycles. The van der Waals surface area contributed by atoms with Crippen molar-refractivity contribution in [3.05, 3.63) is 0 Å². The number of hydrogen-bond acceptors (Lipinski definition) is 2. The van der Waals surface area contributed by atoms with Crippen molar-refractivity contribution in [1.82, 2.24) is 0 Å². The molecule has 3 heteroatoms. The number of nitrogens with zero attached hydrogens (tertiary/aromatic N) is 2. The first-order valence-electron chi connectivity index (χ1n) is 2.58. The average Bonchev–Trinajstić information content (AvgIpc) is 1.63. The summed E-state index contributed by atoms with van der Waals surface area (Å²) in [5, 5.41) is 8.01. The highest BCUT2D eigenvalue weighted by molar-refractivity contribution is 5.93. The highest BCUT2D eigenvalue weighted by Crippen LogP contribution is 1.83. The van der Waals surface area contributed by atoms with Crippen LogP contribution in [0.5, 0.6) is 0 Å². The normalized spacial score (nSPS) is 7.67. The minimum absolute atomic E-state index is 0.120. The van der Waals surface area contributed by atoms with E-state index in [1.165, 1.54) is 0 Å². The second-order valence-electron chi connectivity index (χ2n) is 1.79. The maximum atomic E-state index is 10.4. The molecule has 0 N–H and O–H groups in total. The molecular weight excluding hydrogens is 116 g/mol. The third-order valence-corrected chi connectivity index (χ3v) is 0.579. The third-order valence-electron chi connectivity index (χ3n) is 0.579. The summed E-state index contributed by atoms with van der Waals surface area (Å²) in [6.45, 7) is 3.44. The molecule has 0 saturated carbocycles. The lowest BCUT2D eigenvalue weighted by atomic mass is 10.4. The maximum absolute atomic E-state index is 10.4. The molecular formula is C6H8N2O. The lowest BCUT2D eigenvalue weighted by Crippen LogP contribution is -1.93. The van der Waals surface area contributed by atoms with Gasteiger partial charge in [-0.3, -0.25) is 4.79 Å². The Kier molecular flexibility index (Phi) is 3.29. The Labute approximate surface area is 54.0 Å². The van der Waals surface area contributed by atoms with Crippen molar-refractivity contribution in [3.63, 3.8) is 0 Å². The van der Waals surface area contributed by atoms with Gasteiger partial charge >= 0.3 is 0 Å². The van der Waals surface area contributed by atoms with Crippen molar-refractivity contribution in [1.29, 1.82) is 5.26 Å². The number of nitriles is 1. The van der Waals surface area contributed by atoms with Gasteiger partial charge in [0.1, 0.15) is 6.42 Å². The number of rotatable bonds is 1. The lowest BCUT2D eigenvalue weighted by Gasteiger charge is -1.84. The number of carbonyl (C=O) groups excluding carboxylic acids is 1. The fourth-order valence-corrected chi connectivity index (χ4v) is 0.357. The van der Waals surface area contributed by atoms with Gasteiger partial charge in [0.15, 0.2) is 0 Å². The van der Waals surface area contributed by atoms with Gasteiger partial charge in [0, 0.05) is 5.71 Å². The molecule has 0 atom stereocenters. The molecule has 0 aliphatic rings. The summed E-state index contributed by atoms with van der Waals surface area (Å²) in [6, 6.07) is 1.72. The van der Waals surface area contributed by atoms with Crippen LogP contribution in [0.2, 0.25) is 0 Å². The maximum Gasteiger partial charge on any atom is 0.259 e. The summed E-state index contributed by atoms with van der Waals surface area (Å²) in [5.74, 6) is -0.363. The summed E-state index contributed by atoms with van der Waals surface area (Å²) in [7, 11) is 0. The van der Waals surface area contributed by atoms with Gasteiger partial charge in [0.2, 0.25) is 0 Å². The third kappa shape index (κ3) is 4.69. The predicted molar refractivity (Wildman–Crippen MR) is 34.0 cm³/mol. The lowest BCUT2D eigenvalue weighted by molar-refractivity contribution is -0.116. The zero-order chi connectivity index (χ0) is 7.28. The summed E-state index contributed by atoms with van der Waals surface area (Å²) >= 11 is 0. The number of amides is 1. The van der Waals surface area contributed by atoms with Crippen LogP contribution in [0, 0.1) is 11.3 Å². The SMILES string of the molecule is CC(C)=NC(=O)CC#N. The van der Waals surface area contributed by atoms with Gasteiger partial charge in [-0.15, -0.1) is 0 Å². The molecule has 0 aromatic heterocycles. The first kappa shape index (κ1) is 7.83. The van der Waals surface area contributed by atoms with E-state index in [9.17, 15) is 4.79 Å². The summed E-state index contributed by atoms with van der Waals surface area (Å²) < 4.78 is 0. The van der Waals surface area contributed by atoms with Gasteiger partial charge in [0.25, 0.3) is 5.91 Å². The molecule has 0 radical (unpaired) electrons. The highest BCUT2D eigenvalue weighted by atomic mass is 16.1. The molecule has 1 amide bonds. The van der Waals surface area contributed by atoms with Crippen LogP contribution in [0.4, 0.5) is 0 Å². The standard InChI is InChI=1S/C6H8N2O/c1-5(2)8-6(9)3-4-7/h3H2,1-2H3. The number of hydrogen-bond donors (Lipinski definition) is 0. The van der Waals surface area contributed by atoms with E-state index in [0.717, 1.165) is 0 Å². The second-order valence-corrected chi connectivity index (χ2v) is 1.79. The second kappa shape index (κ2) is 3.79.